The maximum absolute atomic E-state index is 11.4. The van der Waals surface area contributed by atoms with Crippen molar-refractivity contribution in [3.05, 3.63) is 24.3 Å². The minimum absolute atomic E-state index is 0.151. The van der Waals surface area contributed by atoms with Crippen LogP contribution in [0.2, 0.25) is 0 Å². The van der Waals surface area contributed by atoms with Crippen LogP contribution in [0.4, 0.5) is 5.69 Å². The van der Waals surface area contributed by atoms with Crippen LogP contribution in [0.3, 0.4) is 0 Å². The predicted octanol–water partition coefficient (Wildman–Crippen LogP) is 1.48. The first-order valence-corrected chi connectivity index (χ1v) is 8.11. The molecule has 3 N–H and O–H groups in total. The largest absolute Gasteiger partial charge is 0.384 e. The van der Waals surface area contributed by atoms with Gasteiger partial charge in [0, 0.05) is 6.54 Å². The average Bonchev–Trinajstić information content (AvgIpc) is 2.38. The van der Waals surface area contributed by atoms with Crippen molar-refractivity contribution in [3.8, 4) is 0 Å². The zero-order chi connectivity index (χ0) is 14.3. The Morgan fingerprint density at radius 2 is 1.84 bits per heavy atom. The van der Waals surface area contributed by atoms with Gasteiger partial charge in [-0.15, -0.1) is 0 Å². The molecule has 6 heteroatoms. The lowest BCUT2D eigenvalue weighted by atomic mass is 10.3. The molecule has 0 aliphatic heterocycles. The SMILES string of the molecule is CCN(CC)CCCNc1ccccc1S(N)(=O)=O. The molecule has 0 saturated carbocycles. The lowest BCUT2D eigenvalue weighted by Crippen LogP contribution is -2.25. The van der Waals surface area contributed by atoms with Crippen LogP contribution in [-0.4, -0.2) is 39.5 Å². The molecular weight excluding hydrogens is 262 g/mol. The van der Waals surface area contributed by atoms with E-state index < -0.39 is 10.0 Å². The molecule has 1 aromatic rings. The van der Waals surface area contributed by atoms with E-state index in [4.69, 9.17) is 5.14 Å². The van der Waals surface area contributed by atoms with Gasteiger partial charge < -0.3 is 10.2 Å². The van der Waals surface area contributed by atoms with Gasteiger partial charge in [0.2, 0.25) is 10.0 Å². The van der Waals surface area contributed by atoms with Crippen molar-refractivity contribution in [1.82, 2.24) is 4.90 Å². The van der Waals surface area contributed by atoms with Gasteiger partial charge in [-0.25, -0.2) is 13.6 Å². The van der Waals surface area contributed by atoms with Crippen molar-refractivity contribution in [2.24, 2.45) is 5.14 Å². The zero-order valence-electron chi connectivity index (χ0n) is 11.6. The Balaban J connectivity index is 2.55. The van der Waals surface area contributed by atoms with Gasteiger partial charge in [-0.1, -0.05) is 26.0 Å². The zero-order valence-corrected chi connectivity index (χ0v) is 12.4. The summed E-state index contributed by atoms with van der Waals surface area (Å²) in [6, 6.07) is 6.71. The molecule has 5 nitrogen and oxygen atoms in total. The Morgan fingerprint density at radius 1 is 1.21 bits per heavy atom. The number of nitrogens with one attached hydrogen (secondary N) is 1. The second kappa shape index (κ2) is 7.47. The summed E-state index contributed by atoms with van der Waals surface area (Å²) in [7, 11) is -3.67. The number of hydrogen-bond acceptors (Lipinski definition) is 4. The second-order valence-corrected chi connectivity index (χ2v) is 5.88. The summed E-state index contributed by atoms with van der Waals surface area (Å²) in [5, 5.41) is 8.31. The first kappa shape index (κ1) is 15.9. The van der Waals surface area contributed by atoms with Crippen LogP contribution in [-0.2, 0) is 10.0 Å². The Bertz CT molecular complexity index is 484. The standard InChI is InChI=1S/C13H23N3O2S/c1-3-16(4-2)11-7-10-15-12-8-5-6-9-13(12)19(14,17)18/h5-6,8-9,15H,3-4,7,10-11H2,1-2H3,(H2,14,17,18). The third-order valence-electron chi connectivity index (χ3n) is 3.05. The van der Waals surface area contributed by atoms with Crippen LogP contribution in [0.1, 0.15) is 20.3 Å². The molecule has 0 fully saturated rings. The lowest BCUT2D eigenvalue weighted by Gasteiger charge is -2.18. The molecule has 1 aromatic carbocycles. The topological polar surface area (TPSA) is 75.4 Å². The van der Waals surface area contributed by atoms with Gasteiger partial charge in [0.25, 0.3) is 0 Å². The smallest absolute Gasteiger partial charge is 0.240 e. The van der Waals surface area contributed by atoms with Crippen LogP contribution in [0.5, 0.6) is 0 Å². The summed E-state index contributed by atoms with van der Waals surface area (Å²) in [4.78, 5) is 2.48. The van der Waals surface area contributed by atoms with Crippen molar-refractivity contribution in [2.45, 2.75) is 25.2 Å². The van der Waals surface area contributed by atoms with Gasteiger partial charge in [-0.3, -0.25) is 0 Å². The number of para-hydroxylation sites is 1. The van der Waals surface area contributed by atoms with Crippen LogP contribution in [0, 0.1) is 0 Å². The third-order valence-corrected chi connectivity index (χ3v) is 4.02. The molecule has 0 atom stereocenters. The number of sulfonamides is 1. The van der Waals surface area contributed by atoms with E-state index in [1.54, 1.807) is 18.2 Å². The lowest BCUT2D eigenvalue weighted by molar-refractivity contribution is 0.303. The molecule has 1 rings (SSSR count). The molecule has 0 aromatic heterocycles. The van der Waals surface area contributed by atoms with Crippen LogP contribution >= 0.6 is 0 Å². The van der Waals surface area contributed by atoms with Crippen molar-refractivity contribution < 1.29 is 8.42 Å². The van der Waals surface area contributed by atoms with Gasteiger partial charge in [0.1, 0.15) is 4.90 Å². The molecule has 19 heavy (non-hydrogen) atoms. The van der Waals surface area contributed by atoms with Gasteiger partial charge in [-0.2, -0.15) is 0 Å². The van der Waals surface area contributed by atoms with E-state index in [1.165, 1.54) is 6.07 Å². The van der Waals surface area contributed by atoms with E-state index in [0.717, 1.165) is 32.6 Å². The fraction of sp³-hybridized carbons (Fsp3) is 0.538. The number of nitrogens with two attached hydrogens (primary N) is 1. The summed E-state index contributed by atoms with van der Waals surface area (Å²) in [5.74, 6) is 0. The summed E-state index contributed by atoms with van der Waals surface area (Å²) in [6.45, 7) is 8.05. The monoisotopic (exact) mass is 285 g/mol. The molecule has 0 amide bonds. The minimum atomic E-state index is -3.67. The molecule has 0 unspecified atom stereocenters. The summed E-state index contributed by atoms with van der Waals surface area (Å²) >= 11 is 0. The number of nitrogens with zero attached hydrogens (tertiary/aromatic N) is 1. The van der Waals surface area contributed by atoms with Crippen molar-refractivity contribution in [3.63, 3.8) is 0 Å². The van der Waals surface area contributed by atoms with E-state index in [2.05, 4.69) is 24.1 Å². The predicted molar refractivity (Wildman–Crippen MR) is 78.7 cm³/mol. The molecule has 0 radical (unpaired) electrons. The number of anilines is 1. The highest BCUT2D eigenvalue weighted by Crippen LogP contribution is 2.18. The average molecular weight is 285 g/mol. The van der Waals surface area contributed by atoms with E-state index in [1.807, 2.05) is 0 Å². The molecule has 0 bridgehead atoms. The van der Waals surface area contributed by atoms with E-state index >= 15 is 0 Å². The summed E-state index contributed by atoms with van der Waals surface area (Å²) in [5.41, 5.74) is 0.574. The van der Waals surface area contributed by atoms with Gasteiger partial charge >= 0.3 is 0 Å². The van der Waals surface area contributed by atoms with Crippen LogP contribution in [0.25, 0.3) is 0 Å². The molecule has 0 aliphatic rings. The quantitative estimate of drug-likeness (QED) is 0.709. The Labute approximate surface area is 115 Å². The fourth-order valence-electron chi connectivity index (χ4n) is 1.93. The molecule has 0 heterocycles. The Kier molecular flexibility index (Phi) is 6.27. The number of hydrogen-bond donors (Lipinski definition) is 2. The number of benzene rings is 1. The molecule has 0 aliphatic carbocycles. The van der Waals surface area contributed by atoms with E-state index in [0.29, 0.717) is 5.69 Å². The van der Waals surface area contributed by atoms with Crippen molar-refractivity contribution >= 4 is 15.7 Å². The highest BCUT2D eigenvalue weighted by atomic mass is 32.2. The Hall–Kier alpha value is -1.11. The molecular formula is C13H23N3O2S. The Morgan fingerprint density at radius 3 is 2.42 bits per heavy atom. The second-order valence-electron chi connectivity index (χ2n) is 4.35. The first-order valence-electron chi connectivity index (χ1n) is 6.57. The fourth-order valence-corrected chi connectivity index (χ4v) is 2.64. The highest BCUT2D eigenvalue weighted by Gasteiger charge is 2.12. The van der Waals surface area contributed by atoms with Crippen molar-refractivity contribution in [2.75, 3.05) is 31.5 Å². The normalized spacial score (nSPS) is 11.8. The maximum Gasteiger partial charge on any atom is 0.240 e. The van der Waals surface area contributed by atoms with Gasteiger partial charge in [-0.05, 0) is 38.2 Å². The highest BCUT2D eigenvalue weighted by molar-refractivity contribution is 7.89. The van der Waals surface area contributed by atoms with Crippen molar-refractivity contribution in [1.29, 1.82) is 0 Å². The van der Waals surface area contributed by atoms with E-state index in [-0.39, 0.29) is 4.90 Å². The minimum Gasteiger partial charge on any atom is -0.384 e. The summed E-state index contributed by atoms with van der Waals surface area (Å²) < 4.78 is 22.8. The van der Waals surface area contributed by atoms with E-state index in [9.17, 15) is 8.42 Å². The van der Waals surface area contributed by atoms with Crippen LogP contribution < -0.4 is 10.5 Å². The third kappa shape index (κ3) is 5.18. The first-order chi connectivity index (χ1) is 8.99. The molecule has 0 saturated heterocycles. The molecule has 108 valence electrons. The maximum atomic E-state index is 11.4. The van der Waals surface area contributed by atoms with Gasteiger partial charge in [0.05, 0.1) is 5.69 Å². The number of primary sulfonamides is 1. The van der Waals surface area contributed by atoms with Crippen LogP contribution in [0.15, 0.2) is 29.2 Å². The molecule has 0 spiro atoms. The summed E-state index contributed by atoms with van der Waals surface area (Å²) in [6.07, 6.45) is 0.959. The number of rotatable bonds is 8. The van der Waals surface area contributed by atoms with Gasteiger partial charge in [0.15, 0.2) is 0 Å².